The van der Waals surface area contributed by atoms with E-state index in [-0.39, 0.29) is 10.8 Å². The molecule has 0 saturated heterocycles. The third-order valence-electron chi connectivity index (χ3n) is 5.31. The number of aromatic hydroxyl groups is 1. The molecule has 140 valence electrons. The molecule has 1 aliphatic rings. The summed E-state index contributed by atoms with van der Waals surface area (Å²) >= 11 is 0. The van der Waals surface area contributed by atoms with Crippen molar-refractivity contribution in [2.75, 3.05) is 0 Å². The lowest BCUT2D eigenvalue weighted by Gasteiger charge is -2.27. The highest BCUT2D eigenvalue weighted by Crippen LogP contribution is 2.37. The lowest BCUT2D eigenvalue weighted by Crippen LogP contribution is -2.17. The molecule has 25 heavy (non-hydrogen) atoms. The summed E-state index contributed by atoms with van der Waals surface area (Å²) in [6, 6.07) is 4.70. The van der Waals surface area contributed by atoms with E-state index in [4.69, 9.17) is 4.99 Å². The molecule has 2 rings (SSSR count). The number of phenolic OH excluding ortho intramolecular Hbond substituents is 1. The van der Waals surface area contributed by atoms with Gasteiger partial charge in [0.05, 0.1) is 0 Å². The summed E-state index contributed by atoms with van der Waals surface area (Å²) in [5.74, 6) is 0.398. The molecule has 1 fully saturated rings. The Labute approximate surface area is 154 Å². The average molecular weight is 344 g/mol. The fourth-order valence-corrected chi connectivity index (χ4v) is 3.53. The van der Waals surface area contributed by atoms with Crippen LogP contribution < -0.4 is 0 Å². The molecule has 1 saturated carbocycles. The van der Waals surface area contributed by atoms with Crippen LogP contribution in [0.4, 0.5) is 0 Å². The van der Waals surface area contributed by atoms with Gasteiger partial charge in [-0.15, -0.1) is 0 Å². The van der Waals surface area contributed by atoms with Gasteiger partial charge < -0.3 is 5.11 Å². The molecule has 0 unspecified atom stereocenters. The summed E-state index contributed by atoms with van der Waals surface area (Å²) in [5.41, 5.74) is 3.11. The Morgan fingerprint density at radius 2 is 1.44 bits per heavy atom. The number of nitrogens with zero attached hydrogens (tertiary/aromatic N) is 1. The zero-order valence-electron chi connectivity index (χ0n) is 17.2. The van der Waals surface area contributed by atoms with Crippen molar-refractivity contribution in [2.45, 2.75) is 103 Å². The van der Waals surface area contributed by atoms with Crippen molar-refractivity contribution in [2.24, 2.45) is 4.99 Å². The minimum absolute atomic E-state index is 0.0521. The van der Waals surface area contributed by atoms with Crippen molar-refractivity contribution in [1.82, 2.24) is 0 Å². The molecule has 0 heterocycles. The maximum absolute atomic E-state index is 10.9. The molecular weight excluding hydrogens is 306 g/mol. The molecule has 1 N–H and O–H groups in total. The Balaban J connectivity index is 2.36. The normalized spacial score (nSPS) is 18.3. The summed E-state index contributed by atoms with van der Waals surface area (Å²) < 4.78 is 0. The first-order valence-electron chi connectivity index (χ1n) is 10.00. The van der Waals surface area contributed by atoms with Gasteiger partial charge in [0.2, 0.25) is 0 Å². The van der Waals surface area contributed by atoms with E-state index < -0.39 is 0 Å². The SMILES string of the molecule is CC(C)(C)c1cc(C=NC2CCCCCCC2)c(O)c(C(C)(C)C)c1. The Morgan fingerprint density at radius 3 is 1.96 bits per heavy atom. The van der Waals surface area contributed by atoms with E-state index in [1.54, 1.807) is 0 Å². The largest absolute Gasteiger partial charge is 0.507 e. The standard InChI is InChI=1S/C23H37NO/c1-22(2,3)18-14-17(21(25)20(15-18)23(4,5)6)16-24-19-12-10-8-7-9-11-13-19/h14-16,19,25H,7-13H2,1-6H3. The number of rotatable bonds is 2. The van der Waals surface area contributed by atoms with E-state index in [0.717, 1.165) is 11.1 Å². The van der Waals surface area contributed by atoms with E-state index in [1.807, 2.05) is 6.21 Å². The molecule has 0 amide bonds. The van der Waals surface area contributed by atoms with E-state index >= 15 is 0 Å². The molecular formula is C23H37NO. The van der Waals surface area contributed by atoms with Crippen LogP contribution in [0.5, 0.6) is 5.75 Å². The molecule has 1 aliphatic carbocycles. The van der Waals surface area contributed by atoms with Gasteiger partial charge in [-0.1, -0.05) is 79.7 Å². The van der Waals surface area contributed by atoms with Gasteiger partial charge in [-0.3, -0.25) is 4.99 Å². The molecule has 0 aromatic heterocycles. The molecule has 0 atom stereocenters. The van der Waals surface area contributed by atoms with Gasteiger partial charge in [0.1, 0.15) is 5.75 Å². The van der Waals surface area contributed by atoms with Crippen molar-refractivity contribution < 1.29 is 5.11 Å². The topological polar surface area (TPSA) is 32.6 Å². The first-order chi connectivity index (χ1) is 11.6. The Morgan fingerprint density at radius 1 is 0.880 bits per heavy atom. The molecule has 0 aliphatic heterocycles. The third kappa shape index (κ3) is 5.59. The highest BCUT2D eigenvalue weighted by Gasteiger charge is 2.24. The number of hydrogen-bond acceptors (Lipinski definition) is 2. The third-order valence-corrected chi connectivity index (χ3v) is 5.31. The van der Waals surface area contributed by atoms with Crippen LogP contribution in [0.2, 0.25) is 0 Å². The lowest BCUT2D eigenvalue weighted by atomic mass is 9.79. The van der Waals surface area contributed by atoms with Gasteiger partial charge in [-0.05, 0) is 35.3 Å². The molecule has 0 bridgehead atoms. The number of hydrogen-bond donors (Lipinski definition) is 1. The van der Waals surface area contributed by atoms with Crippen LogP contribution in [0.1, 0.15) is 103 Å². The second kappa shape index (κ2) is 7.93. The van der Waals surface area contributed by atoms with Gasteiger partial charge in [-0.25, -0.2) is 0 Å². The van der Waals surface area contributed by atoms with Gasteiger partial charge in [0, 0.05) is 23.4 Å². The maximum atomic E-state index is 10.9. The van der Waals surface area contributed by atoms with Crippen LogP contribution in [0.3, 0.4) is 0 Å². The summed E-state index contributed by atoms with van der Waals surface area (Å²) in [6.45, 7) is 13.1. The van der Waals surface area contributed by atoms with E-state index in [2.05, 4.69) is 53.7 Å². The highest BCUT2D eigenvalue weighted by atomic mass is 16.3. The first kappa shape index (κ1) is 20.0. The Kier molecular flexibility index (Phi) is 6.35. The Bertz CT molecular complexity index is 594. The van der Waals surface area contributed by atoms with Crippen LogP contribution in [-0.2, 0) is 10.8 Å². The number of phenols is 1. The van der Waals surface area contributed by atoms with Crippen LogP contribution >= 0.6 is 0 Å². The first-order valence-corrected chi connectivity index (χ1v) is 10.00. The quantitative estimate of drug-likeness (QED) is 0.609. The molecule has 1 aromatic rings. The zero-order valence-corrected chi connectivity index (χ0v) is 17.2. The van der Waals surface area contributed by atoms with Crippen molar-refractivity contribution in [3.8, 4) is 5.75 Å². The second-order valence-corrected chi connectivity index (χ2v) is 9.74. The van der Waals surface area contributed by atoms with Crippen LogP contribution in [0, 0.1) is 0 Å². The van der Waals surface area contributed by atoms with Crippen LogP contribution in [0.15, 0.2) is 17.1 Å². The smallest absolute Gasteiger partial charge is 0.128 e. The van der Waals surface area contributed by atoms with Gasteiger partial charge in [0.15, 0.2) is 0 Å². The minimum Gasteiger partial charge on any atom is -0.507 e. The summed E-state index contributed by atoms with van der Waals surface area (Å²) in [4.78, 5) is 4.88. The summed E-state index contributed by atoms with van der Waals surface area (Å²) in [7, 11) is 0. The number of benzene rings is 1. The van der Waals surface area contributed by atoms with Crippen molar-refractivity contribution in [1.29, 1.82) is 0 Å². The lowest BCUT2D eigenvalue weighted by molar-refractivity contribution is 0.443. The van der Waals surface area contributed by atoms with Gasteiger partial charge in [0.25, 0.3) is 0 Å². The van der Waals surface area contributed by atoms with Crippen molar-refractivity contribution in [3.63, 3.8) is 0 Å². The summed E-state index contributed by atoms with van der Waals surface area (Å²) in [6.07, 6.45) is 10.9. The molecule has 2 heteroatoms. The monoisotopic (exact) mass is 343 g/mol. The fraction of sp³-hybridized carbons (Fsp3) is 0.696. The summed E-state index contributed by atoms with van der Waals surface area (Å²) in [5, 5.41) is 10.9. The zero-order chi connectivity index (χ0) is 18.7. The van der Waals surface area contributed by atoms with Crippen LogP contribution in [-0.4, -0.2) is 17.4 Å². The molecule has 1 aromatic carbocycles. The highest BCUT2D eigenvalue weighted by molar-refractivity contribution is 5.85. The number of aliphatic imine (C=N–C) groups is 1. The molecule has 2 nitrogen and oxygen atoms in total. The van der Waals surface area contributed by atoms with Crippen molar-refractivity contribution >= 4 is 6.21 Å². The van der Waals surface area contributed by atoms with E-state index in [1.165, 1.54) is 50.5 Å². The van der Waals surface area contributed by atoms with E-state index in [9.17, 15) is 5.11 Å². The fourth-order valence-electron chi connectivity index (χ4n) is 3.53. The van der Waals surface area contributed by atoms with Crippen molar-refractivity contribution in [3.05, 3.63) is 28.8 Å². The van der Waals surface area contributed by atoms with E-state index in [0.29, 0.717) is 11.8 Å². The predicted octanol–water partition coefficient (Wildman–Crippen LogP) is 6.52. The molecule has 0 spiro atoms. The maximum Gasteiger partial charge on any atom is 0.128 e. The Hall–Kier alpha value is -1.31. The van der Waals surface area contributed by atoms with Crippen LogP contribution in [0.25, 0.3) is 0 Å². The minimum atomic E-state index is -0.0891. The average Bonchev–Trinajstić information content (AvgIpc) is 2.45. The van der Waals surface area contributed by atoms with Gasteiger partial charge in [-0.2, -0.15) is 0 Å². The molecule has 0 radical (unpaired) electrons. The second-order valence-electron chi connectivity index (χ2n) is 9.74. The van der Waals surface area contributed by atoms with Gasteiger partial charge >= 0.3 is 0 Å². The predicted molar refractivity (Wildman–Crippen MR) is 109 cm³/mol.